The number of imidazole rings is 1. The third kappa shape index (κ3) is 1.67. The third-order valence-electron chi connectivity index (χ3n) is 2.14. The monoisotopic (exact) mass is 192 g/mol. The first-order chi connectivity index (χ1) is 6.77. The van der Waals surface area contributed by atoms with Crippen molar-refractivity contribution < 1.29 is 4.42 Å². The Morgan fingerprint density at radius 3 is 3.07 bits per heavy atom. The van der Waals surface area contributed by atoms with Crippen molar-refractivity contribution in [2.24, 2.45) is 12.8 Å². The molecule has 0 amide bonds. The van der Waals surface area contributed by atoms with Gasteiger partial charge in [0.1, 0.15) is 11.6 Å². The largest absolute Gasteiger partial charge is 0.447 e. The van der Waals surface area contributed by atoms with E-state index >= 15 is 0 Å². The highest BCUT2D eigenvalue weighted by atomic mass is 16.3. The second kappa shape index (κ2) is 3.63. The minimum atomic E-state index is -0.182. The van der Waals surface area contributed by atoms with Crippen molar-refractivity contribution in [2.45, 2.75) is 12.5 Å². The molecular weight excluding hydrogens is 180 g/mol. The van der Waals surface area contributed by atoms with E-state index in [-0.39, 0.29) is 6.04 Å². The molecule has 5 heteroatoms. The molecule has 0 radical (unpaired) electrons. The fourth-order valence-corrected chi connectivity index (χ4v) is 1.30. The van der Waals surface area contributed by atoms with Crippen molar-refractivity contribution >= 4 is 0 Å². The Labute approximate surface area is 81.6 Å². The minimum Gasteiger partial charge on any atom is -0.447 e. The maximum absolute atomic E-state index is 5.91. The molecule has 0 spiro atoms. The van der Waals surface area contributed by atoms with Gasteiger partial charge in [-0.2, -0.15) is 0 Å². The van der Waals surface area contributed by atoms with Gasteiger partial charge in [-0.1, -0.05) is 0 Å². The molecule has 0 saturated heterocycles. The zero-order valence-corrected chi connectivity index (χ0v) is 7.92. The van der Waals surface area contributed by atoms with Crippen molar-refractivity contribution in [3.63, 3.8) is 0 Å². The summed E-state index contributed by atoms with van der Waals surface area (Å²) in [7, 11) is 1.94. The Morgan fingerprint density at radius 1 is 1.64 bits per heavy atom. The highest BCUT2D eigenvalue weighted by molar-refractivity contribution is 5.02. The van der Waals surface area contributed by atoms with Crippen LogP contribution in [0, 0.1) is 0 Å². The van der Waals surface area contributed by atoms with Crippen LogP contribution >= 0.6 is 0 Å². The number of nitrogens with two attached hydrogens (primary N) is 1. The fraction of sp³-hybridized carbons (Fsp3) is 0.333. The van der Waals surface area contributed by atoms with Gasteiger partial charge in [-0.25, -0.2) is 9.97 Å². The first-order valence-electron chi connectivity index (χ1n) is 4.37. The maximum Gasteiger partial charge on any atom is 0.180 e. The SMILES string of the molecule is Cn1ccnc1CC(N)c1cnco1. The van der Waals surface area contributed by atoms with E-state index in [4.69, 9.17) is 10.2 Å². The number of hydrogen-bond acceptors (Lipinski definition) is 4. The number of aromatic nitrogens is 3. The van der Waals surface area contributed by atoms with E-state index in [0.717, 1.165) is 5.82 Å². The van der Waals surface area contributed by atoms with Crippen LogP contribution in [-0.4, -0.2) is 14.5 Å². The molecule has 1 atom stereocenters. The summed E-state index contributed by atoms with van der Waals surface area (Å²) in [6, 6.07) is -0.182. The van der Waals surface area contributed by atoms with Crippen molar-refractivity contribution in [3.05, 3.63) is 36.6 Å². The first-order valence-corrected chi connectivity index (χ1v) is 4.37. The topological polar surface area (TPSA) is 69.9 Å². The predicted molar refractivity (Wildman–Crippen MR) is 50.3 cm³/mol. The molecule has 2 rings (SSSR count). The number of nitrogens with zero attached hydrogens (tertiary/aromatic N) is 3. The van der Waals surface area contributed by atoms with Gasteiger partial charge in [0.15, 0.2) is 6.39 Å². The van der Waals surface area contributed by atoms with Gasteiger partial charge in [-0.3, -0.25) is 0 Å². The second-order valence-corrected chi connectivity index (χ2v) is 3.17. The lowest BCUT2D eigenvalue weighted by atomic mass is 10.2. The summed E-state index contributed by atoms with van der Waals surface area (Å²) in [4.78, 5) is 8.01. The van der Waals surface area contributed by atoms with Crippen LogP contribution in [0.3, 0.4) is 0 Å². The molecule has 2 N–H and O–H groups in total. The highest BCUT2D eigenvalue weighted by Gasteiger charge is 2.12. The van der Waals surface area contributed by atoms with Gasteiger partial charge in [0.05, 0.1) is 12.2 Å². The van der Waals surface area contributed by atoms with E-state index in [0.29, 0.717) is 12.2 Å². The molecule has 1 unspecified atom stereocenters. The van der Waals surface area contributed by atoms with Gasteiger partial charge >= 0.3 is 0 Å². The van der Waals surface area contributed by atoms with Crippen LogP contribution in [0.5, 0.6) is 0 Å². The van der Waals surface area contributed by atoms with Gasteiger partial charge < -0.3 is 14.7 Å². The van der Waals surface area contributed by atoms with Crippen molar-refractivity contribution in [3.8, 4) is 0 Å². The van der Waals surface area contributed by atoms with E-state index in [2.05, 4.69) is 9.97 Å². The van der Waals surface area contributed by atoms with Crippen LogP contribution in [0.2, 0.25) is 0 Å². The number of rotatable bonds is 3. The molecule has 0 fully saturated rings. The van der Waals surface area contributed by atoms with E-state index in [9.17, 15) is 0 Å². The lowest BCUT2D eigenvalue weighted by molar-refractivity contribution is 0.455. The summed E-state index contributed by atoms with van der Waals surface area (Å²) in [6.45, 7) is 0. The van der Waals surface area contributed by atoms with Gasteiger partial charge in [0.25, 0.3) is 0 Å². The Hall–Kier alpha value is -1.62. The Morgan fingerprint density at radius 2 is 2.50 bits per heavy atom. The summed E-state index contributed by atoms with van der Waals surface area (Å²) < 4.78 is 7.05. The molecule has 0 aliphatic rings. The summed E-state index contributed by atoms with van der Waals surface area (Å²) in [6.07, 6.45) is 7.31. The number of oxazole rings is 1. The summed E-state index contributed by atoms with van der Waals surface area (Å²) in [5.41, 5.74) is 5.91. The predicted octanol–water partition coefficient (Wildman–Crippen LogP) is 0.651. The molecule has 74 valence electrons. The van der Waals surface area contributed by atoms with Crippen LogP contribution in [-0.2, 0) is 13.5 Å². The zero-order valence-electron chi connectivity index (χ0n) is 7.92. The van der Waals surface area contributed by atoms with Crippen molar-refractivity contribution in [2.75, 3.05) is 0 Å². The summed E-state index contributed by atoms with van der Waals surface area (Å²) in [5, 5.41) is 0. The summed E-state index contributed by atoms with van der Waals surface area (Å²) >= 11 is 0. The standard InChI is InChI=1S/C9H12N4O/c1-13-3-2-12-9(13)4-7(10)8-5-11-6-14-8/h2-3,5-7H,4,10H2,1H3. The first kappa shape index (κ1) is 8.96. The van der Waals surface area contributed by atoms with Crippen LogP contribution < -0.4 is 5.73 Å². The second-order valence-electron chi connectivity index (χ2n) is 3.17. The quantitative estimate of drug-likeness (QED) is 0.775. The normalized spacial score (nSPS) is 13.0. The van der Waals surface area contributed by atoms with Crippen LogP contribution in [0.4, 0.5) is 0 Å². The molecular formula is C9H12N4O. The molecule has 0 saturated carbocycles. The molecule has 2 aromatic heterocycles. The molecule has 0 bridgehead atoms. The van der Waals surface area contributed by atoms with Gasteiger partial charge in [-0.05, 0) is 0 Å². The van der Waals surface area contributed by atoms with Gasteiger partial charge in [0, 0.05) is 25.9 Å². The molecule has 2 heterocycles. The Kier molecular flexibility index (Phi) is 2.32. The highest BCUT2D eigenvalue weighted by Crippen LogP contribution is 2.13. The molecule has 0 aliphatic carbocycles. The molecule has 0 aliphatic heterocycles. The fourth-order valence-electron chi connectivity index (χ4n) is 1.30. The Bertz CT molecular complexity index is 393. The number of aryl methyl sites for hydroxylation is 1. The molecule has 2 aromatic rings. The average molecular weight is 192 g/mol. The zero-order chi connectivity index (χ0) is 9.97. The van der Waals surface area contributed by atoms with E-state index < -0.39 is 0 Å². The Balaban J connectivity index is 2.09. The van der Waals surface area contributed by atoms with Crippen molar-refractivity contribution in [1.29, 1.82) is 0 Å². The van der Waals surface area contributed by atoms with Gasteiger partial charge in [-0.15, -0.1) is 0 Å². The molecule has 14 heavy (non-hydrogen) atoms. The van der Waals surface area contributed by atoms with E-state index in [1.165, 1.54) is 6.39 Å². The minimum absolute atomic E-state index is 0.182. The lowest BCUT2D eigenvalue weighted by Crippen LogP contribution is -2.15. The molecule has 5 nitrogen and oxygen atoms in total. The smallest absolute Gasteiger partial charge is 0.180 e. The van der Waals surface area contributed by atoms with E-state index in [1.54, 1.807) is 12.4 Å². The van der Waals surface area contributed by atoms with Crippen molar-refractivity contribution in [1.82, 2.24) is 14.5 Å². The van der Waals surface area contributed by atoms with E-state index in [1.807, 2.05) is 17.8 Å². The summed E-state index contributed by atoms with van der Waals surface area (Å²) in [5.74, 6) is 1.63. The average Bonchev–Trinajstić information content (AvgIpc) is 2.77. The maximum atomic E-state index is 5.91. The van der Waals surface area contributed by atoms with Crippen LogP contribution in [0.15, 0.2) is 29.4 Å². The van der Waals surface area contributed by atoms with Crippen LogP contribution in [0.25, 0.3) is 0 Å². The molecule has 0 aromatic carbocycles. The lowest BCUT2D eigenvalue weighted by Gasteiger charge is -2.07. The van der Waals surface area contributed by atoms with Crippen LogP contribution in [0.1, 0.15) is 17.6 Å². The number of hydrogen-bond donors (Lipinski definition) is 1. The third-order valence-corrected chi connectivity index (χ3v) is 2.14. The van der Waals surface area contributed by atoms with Gasteiger partial charge in [0.2, 0.25) is 0 Å².